The van der Waals surface area contributed by atoms with E-state index in [-0.39, 0.29) is 5.82 Å². The van der Waals surface area contributed by atoms with E-state index in [9.17, 15) is 9.50 Å². The molecule has 8 nitrogen and oxygen atoms in total. The number of aromatic amines is 1. The highest BCUT2D eigenvalue weighted by molar-refractivity contribution is 5.90. The summed E-state index contributed by atoms with van der Waals surface area (Å²) in [5, 5.41) is 20.9. The number of nitrogens with two attached hydrogens (primary N) is 1. The molecule has 3 aromatic heterocycles. The molecule has 0 aliphatic heterocycles. The molecule has 0 aromatic carbocycles. The Kier molecular flexibility index (Phi) is 3.20. The summed E-state index contributed by atoms with van der Waals surface area (Å²) in [7, 11) is 0. The number of anilines is 2. The molecule has 3 heterocycles. The fraction of sp³-hybridized carbons (Fsp3) is 0.400. The zero-order valence-corrected chi connectivity index (χ0v) is 13.1. The Morgan fingerprint density at radius 1 is 1.50 bits per heavy atom. The van der Waals surface area contributed by atoms with E-state index in [1.165, 1.54) is 6.33 Å². The molecular formula is C15H18FN7O. The molecule has 0 bridgehead atoms. The summed E-state index contributed by atoms with van der Waals surface area (Å²) in [6.45, 7) is 1.38. The first kappa shape index (κ1) is 14.9. The molecular weight excluding hydrogens is 313 g/mol. The molecule has 126 valence electrons. The molecule has 1 aliphatic rings. The van der Waals surface area contributed by atoms with Gasteiger partial charge in [-0.15, -0.1) is 0 Å². The van der Waals surface area contributed by atoms with Crippen LogP contribution in [0.2, 0.25) is 0 Å². The normalized spacial score (nSPS) is 17.1. The Balaban J connectivity index is 1.80. The van der Waals surface area contributed by atoms with Gasteiger partial charge in [-0.1, -0.05) is 0 Å². The van der Waals surface area contributed by atoms with Crippen molar-refractivity contribution in [1.82, 2.24) is 24.7 Å². The van der Waals surface area contributed by atoms with Crippen LogP contribution in [0.1, 0.15) is 30.3 Å². The third-order valence-electron chi connectivity index (χ3n) is 4.51. The third kappa shape index (κ3) is 2.20. The van der Waals surface area contributed by atoms with Crippen molar-refractivity contribution >= 4 is 22.7 Å². The average Bonchev–Trinajstić information content (AvgIpc) is 3.09. The summed E-state index contributed by atoms with van der Waals surface area (Å²) in [6.07, 6.45) is 3.46. The monoisotopic (exact) mass is 331 g/mol. The lowest BCUT2D eigenvalue weighted by Gasteiger charge is -2.14. The maximum atomic E-state index is 13.5. The lowest BCUT2D eigenvalue weighted by atomic mass is 10.2. The standard InChI is InChI=1S/C15H18FN7O/c1-8-4-10(22-21-8)20-14(24)9-5-23(15(6-16)2-3-15)13-11(9)12(17)18-7-19-13/h4-5,7,14,24H,2-3,6H2,1H3,(H2,17,18,19)(H2,20,21,22). The number of nitrogens with one attached hydrogen (secondary N) is 2. The summed E-state index contributed by atoms with van der Waals surface area (Å²) in [5.41, 5.74) is 7.31. The first-order valence-corrected chi connectivity index (χ1v) is 7.68. The van der Waals surface area contributed by atoms with Crippen molar-refractivity contribution in [2.75, 3.05) is 17.7 Å². The highest BCUT2D eigenvalue weighted by Gasteiger charge is 2.46. The van der Waals surface area contributed by atoms with E-state index < -0.39 is 18.4 Å². The van der Waals surface area contributed by atoms with Gasteiger partial charge in [0.15, 0.2) is 6.23 Å². The van der Waals surface area contributed by atoms with E-state index >= 15 is 0 Å². The van der Waals surface area contributed by atoms with Gasteiger partial charge in [0.05, 0.1) is 10.9 Å². The van der Waals surface area contributed by atoms with Gasteiger partial charge in [-0.3, -0.25) is 5.10 Å². The highest BCUT2D eigenvalue weighted by atomic mass is 19.1. The topological polar surface area (TPSA) is 118 Å². The van der Waals surface area contributed by atoms with Gasteiger partial charge in [0.2, 0.25) is 0 Å². The zero-order valence-electron chi connectivity index (χ0n) is 13.1. The van der Waals surface area contributed by atoms with Gasteiger partial charge in [0.1, 0.15) is 30.3 Å². The second-order valence-corrected chi connectivity index (χ2v) is 6.25. The number of fused-ring (bicyclic) bond motifs is 1. The summed E-state index contributed by atoms with van der Waals surface area (Å²) in [5.74, 6) is 0.755. The van der Waals surface area contributed by atoms with E-state index in [4.69, 9.17) is 5.73 Å². The first-order chi connectivity index (χ1) is 11.5. The van der Waals surface area contributed by atoms with Gasteiger partial charge < -0.3 is 20.7 Å². The van der Waals surface area contributed by atoms with Crippen LogP contribution in [0.3, 0.4) is 0 Å². The Morgan fingerprint density at radius 3 is 2.92 bits per heavy atom. The van der Waals surface area contributed by atoms with Crippen molar-refractivity contribution in [3.8, 4) is 0 Å². The number of nitrogens with zero attached hydrogens (tertiary/aromatic N) is 4. The number of aliphatic hydroxyl groups excluding tert-OH is 1. The largest absolute Gasteiger partial charge is 0.383 e. The Labute approximate surface area is 136 Å². The SMILES string of the molecule is Cc1cc(NC(O)c2cn(C3(CF)CC3)c3ncnc(N)c23)n[nH]1. The van der Waals surface area contributed by atoms with Gasteiger partial charge >= 0.3 is 0 Å². The number of hydrogen-bond acceptors (Lipinski definition) is 6. The van der Waals surface area contributed by atoms with Crippen molar-refractivity contribution in [2.45, 2.75) is 31.5 Å². The number of alkyl halides is 1. The van der Waals surface area contributed by atoms with E-state index in [0.717, 1.165) is 18.5 Å². The Bertz CT molecular complexity index is 898. The molecule has 0 saturated heterocycles. The fourth-order valence-corrected chi connectivity index (χ4v) is 2.98. The van der Waals surface area contributed by atoms with Crippen LogP contribution >= 0.6 is 0 Å². The minimum Gasteiger partial charge on any atom is -0.383 e. The number of H-pyrrole nitrogens is 1. The van der Waals surface area contributed by atoms with Crippen LogP contribution in [-0.2, 0) is 5.54 Å². The minimum atomic E-state index is -1.07. The molecule has 1 fully saturated rings. The maximum Gasteiger partial charge on any atom is 0.154 e. The molecule has 5 N–H and O–H groups in total. The number of rotatable bonds is 5. The quantitative estimate of drug-likeness (QED) is 0.528. The smallest absolute Gasteiger partial charge is 0.154 e. The molecule has 1 aliphatic carbocycles. The molecule has 0 spiro atoms. The first-order valence-electron chi connectivity index (χ1n) is 7.68. The highest BCUT2D eigenvalue weighted by Crippen LogP contribution is 2.47. The number of aryl methyl sites for hydroxylation is 1. The van der Waals surface area contributed by atoms with Gasteiger partial charge in [-0.2, -0.15) is 5.10 Å². The van der Waals surface area contributed by atoms with Crippen molar-refractivity contribution in [1.29, 1.82) is 0 Å². The lowest BCUT2D eigenvalue weighted by Crippen LogP contribution is -2.19. The predicted molar refractivity (Wildman–Crippen MR) is 87.0 cm³/mol. The van der Waals surface area contributed by atoms with Crippen LogP contribution in [0.25, 0.3) is 11.0 Å². The molecule has 4 rings (SSSR count). The number of aliphatic hydroxyl groups is 1. The van der Waals surface area contributed by atoms with Crippen molar-refractivity contribution in [3.63, 3.8) is 0 Å². The number of nitrogen functional groups attached to an aromatic ring is 1. The van der Waals surface area contributed by atoms with Crippen LogP contribution in [0.5, 0.6) is 0 Å². The molecule has 1 saturated carbocycles. The lowest BCUT2D eigenvalue weighted by molar-refractivity contribution is 0.208. The third-order valence-corrected chi connectivity index (χ3v) is 4.51. The molecule has 1 atom stereocenters. The number of halogens is 1. The molecule has 24 heavy (non-hydrogen) atoms. The van der Waals surface area contributed by atoms with Crippen molar-refractivity contribution in [2.24, 2.45) is 0 Å². The fourth-order valence-electron chi connectivity index (χ4n) is 2.98. The second kappa shape index (κ2) is 5.17. The summed E-state index contributed by atoms with van der Waals surface area (Å²) < 4.78 is 15.3. The number of hydrogen-bond donors (Lipinski definition) is 4. The zero-order chi connectivity index (χ0) is 16.9. The van der Waals surface area contributed by atoms with Crippen LogP contribution in [0.15, 0.2) is 18.6 Å². The minimum absolute atomic E-state index is 0.252. The molecule has 0 amide bonds. The van der Waals surface area contributed by atoms with E-state index in [2.05, 4.69) is 25.5 Å². The molecule has 1 unspecified atom stereocenters. The van der Waals surface area contributed by atoms with E-state index in [0.29, 0.717) is 22.4 Å². The van der Waals surface area contributed by atoms with Gasteiger partial charge in [0.25, 0.3) is 0 Å². The Hall–Kier alpha value is -2.68. The predicted octanol–water partition coefficient (Wildman–Crippen LogP) is 1.61. The molecule has 9 heteroatoms. The van der Waals surface area contributed by atoms with Crippen molar-refractivity contribution in [3.05, 3.63) is 29.8 Å². The average molecular weight is 331 g/mol. The van der Waals surface area contributed by atoms with Crippen LogP contribution in [0.4, 0.5) is 16.0 Å². The van der Waals surface area contributed by atoms with E-state index in [1.807, 2.05) is 6.92 Å². The molecule has 3 aromatic rings. The maximum absolute atomic E-state index is 13.5. The van der Waals surface area contributed by atoms with Gasteiger partial charge in [-0.25, -0.2) is 14.4 Å². The second-order valence-electron chi connectivity index (χ2n) is 6.25. The van der Waals surface area contributed by atoms with E-state index in [1.54, 1.807) is 16.8 Å². The van der Waals surface area contributed by atoms with Gasteiger partial charge in [-0.05, 0) is 19.8 Å². The summed E-state index contributed by atoms with van der Waals surface area (Å²) >= 11 is 0. The van der Waals surface area contributed by atoms with Crippen LogP contribution < -0.4 is 11.1 Å². The van der Waals surface area contributed by atoms with Crippen LogP contribution in [0, 0.1) is 6.92 Å². The summed E-state index contributed by atoms with van der Waals surface area (Å²) in [4.78, 5) is 8.26. The van der Waals surface area contributed by atoms with Crippen molar-refractivity contribution < 1.29 is 9.50 Å². The van der Waals surface area contributed by atoms with Crippen LogP contribution in [-0.4, -0.2) is 36.5 Å². The number of aromatic nitrogens is 5. The Morgan fingerprint density at radius 2 is 2.29 bits per heavy atom. The summed E-state index contributed by atoms with van der Waals surface area (Å²) in [6, 6.07) is 1.77. The molecule has 0 radical (unpaired) electrons. The van der Waals surface area contributed by atoms with Gasteiger partial charge in [0, 0.05) is 23.5 Å².